The van der Waals surface area contributed by atoms with Gasteiger partial charge in [0.1, 0.15) is 0 Å². The molecule has 15 heavy (non-hydrogen) atoms. The van der Waals surface area contributed by atoms with Crippen molar-refractivity contribution in [2.24, 2.45) is 5.92 Å². The maximum atomic E-state index is 10.1. The third-order valence-corrected chi connectivity index (χ3v) is 3.44. The van der Waals surface area contributed by atoms with E-state index < -0.39 is 0 Å². The Hall–Kier alpha value is -0.930. The van der Waals surface area contributed by atoms with Crippen LogP contribution >= 0.6 is 0 Å². The second-order valence-corrected chi connectivity index (χ2v) is 4.84. The number of β-amino-alcohol motifs (C(OH)–C–C–N with tert-alkyl or cyclic N) is 1. The minimum absolute atomic E-state index is 0.366. The summed E-state index contributed by atoms with van der Waals surface area (Å²) in [5.74, 6) is 0.581. The van der Waals surface area contributed by atoms with E-state index in [-0.39, 0.29) is 5.60 Å². The molecule has 2 aliphatic rings. The third-order valence-electron chi connectivity index (χ3n) is 3.44. The molecule has 1 aliphatic heterocycles. The fourth-order valence-corrected chi connectivity index (χ4v) is 2.44. The van der Waals surface area contributed by atoms with E-state index in [1.807, 2.05) is 24.4 Å². The van der Waals surface area contributed by atoms with Crippen LogP contribution in [0.5, 0.6) is 0 Å². The van der Waals surface area contributed by atoms with Crippen molar-refractivity contribution in [3.63, 3.8) is 0 Å². The van der Waals surface area contributed by atoms with Gasteiger partial charge in [0.15, 0.2) is 0 Å². The van der Waals surface area contributed by atoms with Crippen LogP contribution < -0.4 is 0 Å². The average molecular weight is 204 g/mol. The minimum atomic E-state index is -0.366. The van der Waals surface area contributed by atoms with Crippen molar-refractivity contribution in [1.29, 1.82) is 0 Å². The predicted molar refractivity (Wildman–Crippen MR) is 57.2 cm³/mol. The third kappa shape index (κ3) is 1.77. The van der Waals surface area contributed by atoms with E-state index in [9.17, 15) is 5.11 Å². The van der Waals surface area contributed by atoms with Gasteiger partial charge in [-0.05, 0) is 30.9 Å². The summed E-state index contributed by atoms with van der Waals surface area (Å²) < 4.78 is 0. The first-order valence-electron chi connectivity index (χ1n) is 5.61. The van der Waals surface area contributed by atoms with E-state index in [4.69, 9.17) is 0 Å². The number of likely N-dealkylation sites (tertiary alicyclic amines) is 1. The highest BCUT2D eigenvalue weighted by Crippen LogP contribution is 2.44. The molecule has 0 aromatic carbocycles. The second kappa shape index (κ2) is 3.29. The molecule has 2 heterocycles. The SMILES string of the molecule is OC1(C2CC2)CN(Cc2ccccn2)C1. The zero-order valence-electron chi connectivity index (χ0n) is 8.76. The first-order chi connectivity index (χ1) is 7.26. The molecule has 0 bridgehead atoms. The van der Waals surface area contributed by atoms with Crippen LogP contribution in [-0.2, 0) is 6.54 Å². The summed E-state index contributed by atoms with van der Waals surface area (Å²) in [7, 11) is 0. The summed E-state index contributed by atoms with van der Waals surface area (Å²) in [5.41, 5.74) is 0.727. The van der Waals surface area contributed by atoms with Crippen molar-refractivity contribution in [3.8, 4) is 0 Å². The molecule has 3 rings (SSSR count). The molecule has 3 heteroatoms. The highest BCUT2D eigenvalue weighted by molar-refractivity contribution is 5.09. The molecule has 0 amide bonds. The molecule has 2 fully saturated rings. The summed E-state index contributed by atoms with van der Waals surface area (Å²) in [6, 6.07) is 5.98. The zero-order chi connectivity index (χ0) is 10.3. The van der Waals surface area contributed by atoms with Gasteiger partial charge in [0.25, 0.3) is 0 Å². The number of nitrogens with zero attached hydrogens (tertiary/aromatic N) is 2. The zero-order valence-corrected chi connectivity index (χ0v) is 8.76. The topological polar surface area (TPSA) is 36.4 Å². The molecule has 0 radical (unpaired) electrons. The van der Waals surface area contributed by atoms with Crippen LogP contribution in [0, 0.1) is 5.92 Å². The smallest absolute Gasteiger partial charge is 0.0928 e. The van der Waals surface area contributed by atoms with Gasteiger partial charge in [0, 0.05) is 25.8 Å². The number of hydrogen-bond donors (Lipinski definition) is 1. The van der Waals surface area contributed by atoms with Gasteiger partial charge >= 0.3 is 0 Å². The lowest BCUT2D eigenvalue weighted by Crippen LogP contribution is -2.62. The highest BCUT2D eigenvalue weighted by Gasteiger charge is 2.51. The standard InChI is InChI=1S/C12H16N2O/c15-12(10-4-5-10)8-14(9-12)7-11-3-1-2-6-13-11/h1-3,6,10,15H,4-5,7-9H2. The van der Waals surface area contributed by atoms with Crippen molar-refractivity contribution in [3.05, 3.63) is 30.1 Å². The molecule has 1 N–H and O–H groups in total. The van der Waals surface area contributed by atoms with Crippen LogP contribution in [0.1, 0.15) is 18.5 Å². The summed E-state index contributed by atoms with van der Waals surface area (Å²) in [5, 5.41) is 10.1. The first kappa shape index (κ1) is 9.31. The lowest BCUT2D eigenvalue weighted by atomic mass is 9.88. The molecule has 1 saturated heterocycles. The molecule has 0 atom stereocenters. The quantitative estimate of drug-likeness (QED) is 0.799. The molecule has 1 aliphatic carbocycles. The maximum Gasteiger partial charge on any atom is 0.0928 e. The van der Waals surface area contributed by atoms with E-state index >= 15 is 0 Å². The Morgan fingerprint density at radius 3 is 2.80 bits per heavy atom. The number of aromatic nitrogens is 1. The van der Waals surface area contributed by atoms with Gasteiger partial charge in [-0.1, -0.05) is 6.07 Å². The Morgan fingerprint density at radius 2 is 2.20 bits per heavy atom. The summed E-state index contributed by atoms with van der Waals surface area (Å²) >= 11 is 0. The van der Waals surface area contributed by atoms with Crippen LogP contribution in [0.25, 0.3) is 0 Å². The fraction of sp³-hybridized carbons (Fsp3) is 0.583. The molecule has 80 valence electrons. The molecule has 0 unspecified atom stereocenters. The normalized spacial score (nSPS) is 24.9. The van der Waals surface area contributed by atoms with Crippen molar-refractivity contribution < 1.29 is 5.11 Å². The lowest BCUT2D eigenvalue weighted by Gasteiger charge is -2.47. The van der Waals surface area contributed by atoms with Crippen molar-refractivity contribution in [2.75, 3.05) is 13.1 Å². The fourth-order valence-electron chi connectivity index (χ4n) is 2.44. The molecule has 1 aromatic heterocycles. The van der Waals surface area contributed by atoms with Gasteiger partial charge in [-0.15, -0.1) is 0 Å². The Kier molecular flexibility index (Phi) is 2.04. The monoisotopic (exact) mass is 204 g/mol. The molecular weight excluding hydrogens is 188 g/mol. The van der Waals surface area contributed by atoms with Crippen LogP contribution in [0.4, 0.5) is 0 Å². The predicted octanol–water partition coefficient (Wildman–Crippen LogP) is 1.04. The van der Waals surface area contributed by atoms with Gasteiger partial charge in [0.2, 0.25) is 0 Å². The second-order valence-electron chi connectivity index (χ2n) is 4.84. The number of aliphatic hydroxyl groups is 1. The Bertz CT molecular complexity index is 342. The van der Waals surface area contributed by atoms with E-state index in [2.05, 4.69) is 9.88 Å². The molecule has 3 nitrogen and oxygen atoms in total. The van der Waals surface area contributed by atoms with Crippen molar-refractivity contribution in [2.45, 2.75) is 25.0 Å². The Balaban J connectivity index is 1.55. The van der Waals surface area contributed by atoms with Crippen molar-refractivity contribution in [1.82, 2.24) is 9.88 Å². The van der Waals surface area contributed by atoms with Crippen LogP contribution in [-0.4, -0.2) is 33.7 Å². The van der Waals surface area contributed by atoms with Gasteiger partial charge < -0.3 is 5.11 Å². The van der Waals surface area contributed by atoms with Crippen LogP contribution in [0.2, 0.25) is 0 Å². The van der Waals surface area contributed by atoms with Gasteiger partial charge in [-0.2, -0.15) is 0 Å². The van der Waals surface area contributed by atoms with E-state index in [1.54, 1.807) is 0 Å². The van der Waals surface area contributed by atoms with E-state index in [1.165, 1.54) is 12.8 Å². The molecule has 0 spiro atoms. The van der Waals surface area contributed by atoms with Crippen molar-refractivity contribution >= 4 is 0 Å². The summed E-state index contributed by atoms with van der Waals surface area (Å²) in [6.45, 7) is 2.53. The summed E-state index contributed by atoms with van der Waals surface area (Å²) in [4.78, 5) is 6.55. The maximum absolute atomic E-state index is 10.1. The van der Waals surface area contributed by atoms with E-state index in [0.717, 1.165) is 25.3 Å². The first-order valence-corrected chi connectivity index (χ1v) is 5.61. The Labute approximate surface area is 89.7 Å². The van der Waals surface area contributed by atoms with Crippen LogP contribution in [0.15, 0.2) is 24.4 Å². The number of pyridine rings is 1. The Morgan fingerprint density at radius 1 is 1.40 bits per heavy atom. The number of rotatable bonds is 3. The summed E-state index contributed by atoms with van der Waals surface area (Å²) in [6.07, 6.45) is 4.25. The minimum Gasteiger partial charge on any atom is -0.387 e. The van der Waals surface area contributed by atoms with Gasteiger partial charge in [0.05, 0.1) is 11.3 Å². The molecule has 1 saturated carbocycles. The van der Waals surface area contributed by atoms with Gasteiger partial charge in [-0.3, -0.25) is 9.88 Å². The molecular formula is C12H16N2O. The number of hydrogen-bond acceptors (Lipinski definition) is 3. The lowest BCUT2D eigenvalue weighted by molar-refractivity contribution is -0.117. The molecule has 1 aromatic rings. The van der Waals surface area contributed by atoms with Gasteiger partial charge in [-0.25, -0.2) is 0 Å². The largest absolute Gasteiger partial charge is 0.387 e. The highest BCUT2D eigenvalue weighted by atomic mass is 16.3. The van der Waals surface area contributed by atoms with E-state index in [0.29, 0.717) is 5.92 Å². The average Bonchev–Trinajstić information content (AvgIpc) is 3.00. The van der Waals surface area contributed by atoms with Crippen LogP contribution in [0.3, 0.4) is 0 Å².